The zero-order valence-electron chi connectivity index (χ0n) is 9.45. The number of benzene rings is 1. The number of aromatic carboxylic acids is 1. The minimum atomic E-state index is -1.27. The molecule has 0 spiro atoms. The normalized spacial score (nSPS) is 10.2. The molecule has 0 saturated carbocycles. The van der Waals surface area contributed by atoms with Crippen molar-refractivity contribution in [1.29, 1.82) is 0 Å². The predicted octanol–water partition coefficient (Wildman–Crippen LogP) is 0.149. The molecular formula is C10H8FN5O3. The third-order valence-corrected chi connectivity index (χ3v) is 2.18. The molecule has 0 atom stereocenters. The molecule has 0 unspecified atom stereocenters. The Hall–Kier alpha value is -2.84. The Balaban J connectivity index is 2.16. The Kier molecular flexibility index (Phi) is 3.46. The number of halogens is 1. The van der Waals surface area contributed by atoms with E-state index in [1.807, 2.05) is 0 Å². The summed E-state index contributed by atoms with van der Waals surface area (Å²) in [5.74, 6) is -2.49. The number of nitrogens with one attached hydrogen (secondary N) is 1. The Morgan fingerprint density at radius 1 is 1.42 bits per heavy atom. The second-order valence-corrected chi connectivity index (χ2v) is 3.55. The van der Waals surface area contributed by atoms with Gasteiger partial charge in [-0.2, -0.15) is 0 Å². The SMILES string of the molecule is O=C(Cn1cnnn1)Nc1cc(F)ccc1C(=O)O. The minimum absolute atomic E-state index is 0.120. The van der Waals surface area contributed by atoms with Crippen LogP contribution in [0.1, 0.15) is 10.4 Å². The summed E-state index contributed by atoms with van der Waals surface area (Å²) in [6.45, 7) is -0.206. The molecule has 9 heteroatoms. The first-order valence-electron chi connectivity index (χ1n) is 5.10. The lowest BCUT2D eigenvalue weighted by atomic mass is 10.1. The van der Waals surface area contributed by atoms with E-state index in [9.17, 15) is 14.0 Å². The first-order valence-corrected chi connectivity index (χ1v) is 5.10. The largest absolute Gasteiger partial charge is 0.478 e. The molecule has 1 amide bonds. The van der Waals surface area contributed by atoms with Crippen molar-refractivity contribution in [2.75, 3.05) is 5.32 Å². The number of tetrazole rings is 1. The molecule has 2 rings (SSSR count). The lowest BCUT2D eigenvalue weighted by Crippen LogP contribution is -2.20. The second-order valence-electron chi connectivity index (χ2n) is 3.55. The van der Waals surface area contributed by atoms with Crippen molar-refractivity contribution in [3.63, 3.8) is 0 Å². The summed E-state index contributed by atoms with van der Waals surface area (Å²) in [7, 11) is 0. The van der Waals surface area contributed by atoms with E-state index in [0.29, 0.717) is 0 Å². The number of amides is 1. The summed E-state index contributed by atoms with van der Waals surface area (Å²) >= 11 is 0. The van der Waals surface area contributed by atoms with Gasteiger partial charge in [-0.25, -0.2) is 13.9 Å². The van der Waals surface area contributed by atoms with Crippen molar-refractivity contribution in [3.05, 3.63) is 35.9 Å². The Morgan fingerprint density at radius 2 is 2.21 bits per heavy atom. The number of carboxylic acid groups (broad SMARTS) is 1. The molecule has 0 aliphatic heterocycles. The average Bonchev–Trinajstić information content (AvgIpc) is 2.81. The van der Waals surface area contributed by atoms with E-state index < -0.39 is 17.7 Å². The van der Waals surface area contributed by atoms with Gasteiger partial charge in [0, 0.05) is 0 Å². The Morgan fingerprint density at radius 3 is 2.84 bits per heavy atom. The molecule has 0 fully saturated rings. The van der Waals surface area contributed by atoms with Crippen molar-refractivity contribution in [3.8, 4) is 0 Å². The second kappa shape index (κ2) is 5.21. The number of rotatable bonds is 4. The van der Waals surface area contributed by atoms with Gasteiger partial charge in [0.15, 0.2) is 0 Å². The van der Waals surface area contributed by atoms with Crippen LogP contribution in [0.3, 0.4) is 0 Å². The van der Waals surface area contributed by atoms with Crippen LogP contribution in [0, 0.1) is 5.82 Å². The molecule has 1 aromatic carbocycles. The molecule has 2 N–H and O–H groups in total. The number of hydrogen-bond acceptors (Lipinski definition) is 5. The molecule has 0 aliphatic carbocycles. The highest BCUT2D eigenvalue weighted by Gasteiger charge is 2.14. The van der Waals surface area contributed by atoms with Gasteiger partial charge in [0.2, 0.25) is 5.91 Å². The van der Waals surface area contributed by atoms with Gasteiger partial charge in [-0.15, -0.1) is 5.10 Å². The number of aromatic nitrogens is 4. The molecule has 0 saturated heterocycles. The van der Waals surface area contributed by atoms with Crippen LogP contribution in [0.25, 0.3) is 0 Å². The Labute approximate surface area is 105 Å². The van der Waals surface area contributed by atoms with Gasteiger partial charge in [-0.3, -0.25) is 4.79 Å². The maximum Gasteiger partial charge on any atom is 0.337 e. The van der Waals surface area contributed by atoms with E-state index in [-0.39, 0.29) is 17.8 Å². The van der Waals surface area contributed by atoms with E-state index in [1.165, 1.54) is 6.33 Å². The highest BCUT2D eigenvalue weighted by molar-refractivity contribution is 6.00. The van der Waals surface area contributed by atoms with Gasteiger partial charge in [0.25, 0.3) is 0 Å². The monoisotopic (exact) mass is 265 g/mol. The van der Waals surface area contributed by atoms with Gasteiger partial charge in [-0.05, 0) is 28.6 Å². The number of nitrogens with zero attached hydrogens (tertiary/aromatic N) is 4. The van der Waals surface area contributed by atoms with Gasteiger partial charge >= 0.3 is 5.97 Å². The smallest absolute Gasteiger partial charge is 0.337 e. The number of carbonyl (C=O) groups is 2. The standard InChI is InChI=1S/C10H8FN5O3/c11-6-1-2-7(10(18)19)8(3-6)13-9(17)4-16-5-12-14-15-16/h1-3,5H,4H2,(H,13,17)(H,18,19). The maximum atomic E-state index is 13.1. The van der Waals surface area contributed by atoms with Crippen LogP contribution in [0.2, 0.25) is 0 Å². The van der Waals surface area contributed by atoms with Crippen LogP contribution in [0.4, 0.5) is 10.1 Å². The van der Waals surface area contributed by atoms with Crippen LogP contribution in [0.15, 0.2) is 24.5 Å². The van der Waals surface area contributed by atoms with Crippen LogP contribution in [-0.2, 0) is 11.3 Å². The summed E-state index contributed by atoms with van der Waals surface area (Å²) < 4.78 is 14.2. The van der Waals surface area contributed by atoms with E-state index in [1.54, 1.807) is 0 Å². The number of carbonyl (C=O) groups excluding carboxylic acids is 1. The van der Waals surface area contributed by atoms with Crippen LogP contribution in [0.5, 0.6) is 0 Å². The zero-order valence-corrected chi connectivity index (χ0v) is 9.45. The fraction of sp³-hybridized carbons (Fsp3) is 0.100. The van der Waals surface area contributed by atoms with E-state index in [2.05, 4.69) is 20.8 Å². The average molecular weight is 265 g/mol. The van der Waals surface area contributed by atoms with Crippen molar-refractivity contribution in [2.45, 2.75) is 6.54 Å². The summed E-state index contributed by atoms with van der Waals surface area (Å²) in [5.41, 5.74) is -0.322. The molecule has 0 bridgehead atoms. The van der Waals surface area contributed by atoms with Gasteiger partial charge in [-0.1, -0.05) is 0 Å². The molecule has 0 radical (unpaired) electrons. The third kappa shape index (κ3) is 3.09. The first kappa shape index (κ1) is 12.6. The van der Waals surface area contributed by atoms with Crippen LogP contribution < -0.4 is 5.32 Å². The summed E-state index contributed by atoms with van der Waals surface area (Å²) in [5, 5.41) is 21.4. The molecule has 2 aromatic rings. The van der Waals surface area contributed by atoms with Crippen molar-refractivity contribution in [2.24, 2.45) is 0 Å². The van der Waals surface area contributed by atoms with Crippen molar-refractivity contribution in [1.82, 2.24) is 20.2 Å². The molecule has 98 valence electrons. The molecule has 19 heavy (non-hydrogen) atoms. The zero-order chi connectivity index (χ0) is 13.8. The molecular weight excluding hydrogens is 257 g/mol. The summed E-state index contributed by atoms with van der Waals surface area (Å²) in [6, 6.07) is 3.01. The van der Waals surface area contributed by atoms with Gasteiger partial charge in [0.1, 0.15) is 18.7 Å². The Bertz CT molecular complexity index is 614. The van der Waals surface area contributed by atoms with E-state index in [4.69, 9.17) is 5.11 Å². The topological polar surface area (TPSA) is 110 Å². The fourth-order valence-electron chi connectivity index (χ4n) is 1.40. The maximum absolute atomic E-state index is 13.1. The lowest BCUT2D eigenvalue weighted by Gasteiger charge is -2.08. The van der Waals surface area contributed by atoms with Crippen LogP contribution >= 0.6 is 0 Å². The van der Waals surface area contributed by atoms with Crippen molar-refractivity contribution < 1.29 is 19.1 Å². The highest BCUT2D eigenvalue weighted by Crippen LogP contribution is 2.17. The van der Waals surface area contributed by atoms with Crippen LogP contribution in [-0.4, -0.2) is 37.2 Å². The fourth-order valence-corrected chi connectivity index (χ4v) is 1.40. The minimum Gasteiger partial charge on any atom is -0.478 e. The molecule has 0 aliphatic rings. The summed E-state index contributed by atoms with van der Waals surface area (Å²) in [6.07, 6.45) is 1.23. The molecule has 1 heterocycles. The molecule has 1 aromatic heterocycles. The number of hydrogen-bond donors (Lipinski definition) is 2. The highest BCUT2D eigenvalue weighted by atomic mass is 19.1. The van der Waals surface area contributed by atoms with Crippen molar-refractivity contribution >= 4 is 17.6 Å². The van der Waals surface area contributed by atoms with Gasteiger partial charge in [0.05, 0.1) is 11.3 Å². The number of anilines is 1. The predicted molar refractivity (Wildman–Crippen MR) is 59.8 cm³/mol. The van der Waals surface area contributed by atoms with E-state index >= 15 is 0 Å². The third-order valence-electron chi connectivity index (χ3n) is 2.18. The lowest BCUT2D eigenvalue weighted by molar-refractivity contribution is -0.116. The number of carboxylic acids is 1. The van der Waals surface area contributed by atoms with E-state index in [0.717, 1.165) is 22.9 Å². The van der Waals surface area contributed by atoms with Gasteiger partial charge < -0.3 is 10.4 Å². The first-order chi connectivity index (χ1) is 9.06. The summed E-state index contributed by atoms with van der Waals surface area (Å²) in [4.78, 5) is 22.5. The quantitative estimate of drug-likeness (QED) is 0.814. The molecule has 8 nitrogen and oxygen atoms in total.